The number of primary amides is 1. The lowest BCUT2D eigenvalue weighted by Gasteiger charge is -2.40. The zero-order chi connectivity index (χ0) is 19.3. The topological polar surface area (TPSA) is 90.7 Å². The summed E-state index contributed by atoms with van der Waals surface area (Å²) >= 11 is 0. The zero-order valence-corrected chi connectivity index (χ0v) is 16.1. The van der Waals surface area contributed by atoms with Gasteiger partial charge in [0.05, 0.1) is 7.11 Å². The number of amides is 2. The maximum Gasteiger partial charge on any atom is 0.255 e. The second kappa shape index (κ2) is 8.43. The monoisotopic (exact) mass is 362 g/mol. The fraction of sp³-hybridized carbons (Fsp3) is 0.600. The van der Waals surface area contributed by atoms with E-state index >= 15 is 0 Å². The van der Waals surface area contributed by atoms with Crippen LogP contribution in [-0.2, 0) is 4.79 Å². The van der Waals surface area contributed by atoms with Gasteiger partial charge in [-0.1, -0.05) is 33.6 Å². The summed E-state index contributed by atoms with van der Waals surface area (Å²) in [7, 11) is 1.49. The smallest absolute Gasteiger partial charge is 0.255 e. The van der Waals surface area contributed by atoms with E-state index in [1.165, 1.54) is 13.5 Å². The van der Waals surface area contributed by atoms with Crippen LogP contribution in [0.3, 0.4) is 0 Å². The fourth-order valence-electron chi connectivity index (χ4n) is 3.67. The first kappa shape index (κ1) is 20.1. The second-order valence-corrected chi connectivity index (χ2v) is 7.96. The molecule has 1 aliphatic carbocycles. The predicted molar refractivity (Wildman–Crippen MR) is 100 cm³/mol. The van der Waals surface area contributed by atoms with Gasteiger partial charge in [0.1, 0.15) is 0 Å². The lowest BCUT2D eigenvalue weighted by atomic mass is 9.69. The number of carbonyl (C=O) groups is 2. The van der Waals surface area contributed by atoms with Crippen molar-refractivity contribution < 1.29 is 19.1 Å². The van der Waals surface area contributed by atoms with E-state index in [1.807, 2.05) is 0 Å². The summed E-state index contributed by atoms with van der Waals surface area (Å²) < 4.78 is 10.6. The highest BCUT2D eigenvalue weighted by atomic mass is 16.5. The van der Waals surface area contributed by atoms with Crippen molar-refractivity contribution in [1.82, 2.24) is 5.32 Å². The van der Waals surface area contributed by atoms with Gasteiger partial charge in [-0.2, -0.15) is 0 Å². The Kier molecular flexibility index (Phi) is 6.51. The third kappa shape index (κ3) is 5.13. The Morgan fingerprint density at radius 2 is 1.88 bits per heavy atom. The summed E-state index contributed by atoms with van der Waals surface area (Å²) in [4.78, 5) is 23.6. The Morgan fingerprint density at radius 1 is 1.19 bits per heavy atom. The quantitative estimate of drug-likeness (QED) is 0.814. The summed E-state index contributed by atoms with van der Waals surface area (Å²) in [6.45, 7) is 6.46. The molecular weight excluding hydrogens is 332 g/mol. The van der Waals surface area contributed by atoms with Crippen LogP contribution in [0.25, 0.3) is 0 Å². The SMILES string of the molecule is COc1cc(C(=O)N[C@@H]2CCCC[C@@H]2C(C)(C)C)ccc1OCC(N)=O. The average Bonchev–Trinajstić information content (AvgIpc) is 2.59. The Hall–Kier alpha value is -2.24. The van der Waals surface area contributed by atoms with Crippen molar-refractivity contribution in [2.75, 3.05) is 13.7 Å². The van der Waals surface area contributed by atoms with Crippen molar-refractivity contribution >= 4 is 11.8 Å². The van der Waals surface area contributed by atoms with Crippen LogP contribution in [-0.4, -0.2) is 31.6 Å². The van der Waals surface area contributed by atoms with Gasteiger partial charge in [0.2, 0.25) is 0 Å². The summed E-state index contributed by atoms with van der Waals surface area (Å²) in [5, 5.41) is 3.20. The van der Waals surface area contributed by atoms with Crippen LogP contribution >= 0.6 is 0 Å². The van der Waals surface area contributed by atoms with Crippen LogP contribution in [0.2, 0.25) is 0 Å². The molecule has 3 N–H and O–H groups in total. The molecule has 0 aromatic heterocycles. The molecule has 1 saturated carbocycles. The van der Waals surface area contributed by atoms with Crippen molar-refractivity contribution in [2.45, 2.75) is 52.5 Å². The van der Waals surface area contributed by atoms with E-state index in [0.29, 0.717) is 23.0 Å². The highest BCUT2D eigenvalue weighted by molar-refractivity contribution is 5.95. The first-order valence-electron chi connectivity index (χ1n) is 9.12. The average molecular weight is 362 g/mol. The van der Waals surface area contributed by atoms with Crippen LogP contribution < -0.4 is 20.5 Å². The highest BCUT2D eigenvalue weighted by Gasteiger charge is 2.35. The zero-order valence-electron chi connectivity index (χ0n) is 16.1. The lowest BCUT2D eigenvalue weighted by molar-refractivity contribution is -0.119. The number of hydrogen-bond donors (Lipinski definition) is 2. The number of rotatable bonds is 6. The normalized spacial score (nSPS) is 20.3. The van der Waals surface area contributed by atoms with Crippen molar-refractivity contribution in [2.24, 2.45) is 17.1 Å². The molecule has 144 valence electrons. The Balaban J connectivity index is 2.12. The molecule has 0 unspecified atom stereocenters. The number of hydrogen-bond acceptors (Lipinski definition) is 4. The largest absolute Gasteiger partial charge is 0.493 e. The van der Waals surface area contributed by atoms with Gasteiger partial charge in [0, 0.05) is 11.6 Å². The number of methoxy groups -OCH3 is 1. The molecule has 2 rings (SSSR count). The summed E-state index contributed by atoms with van der Waals surface area (Å²) in [6, 6.07) is 5.09. The molecule has 26 heavy (non-hydrogen) atoms. The molecule has 6 nitrogen and oxygen atoms in total. The van der Waals surface area contributed by atoms with E-state index in [1.54, 1.807) is 18.2 Å². The van der Waals surface area contributed by atoms with Gasteiger partial charge < -0.3 is 20.5 Å². The molecule has 0 radical (unpaired) electrons. The minimum atomic E-state index is -0.570. The molecule has 1 aromatic carbocycles. The van der Waals surface area contributed by atoms with Crippen molar-refractivity contribution in [1.29, 1.82) is 0 Å². The number of nitrogens with one attached hydrogen (secondary N) is 1. The van der Waals surface area contributed by atoms with Crippen molar-refractivity contribution in [3.05, 3.63) is 23.8 Å². The molecule has 1 aromatic rings. The Labute approximate surface area is 155 Å². The predicted octanol–water partition coefficient (Wildman–Crippen LogP) is 2.89. The third-order valence-electron chi connectivity index (χ3n) is 4.99. The number of carbonyl (C=O) groups excluding carboxylic acids is 2. The van der Waals surface area contributed by atoms with Gasteiger partial charge in [-0.3, -0.25) is 9.59 Å². The standard InChI is InChI=1S/C20H30N2O4/c1-20(2,3)14-7-5-6-8-15(14)22-19(24)13-9-10-16(17(11-13)25-4)26-12-18(21)23/h9-11,14-15H,5-8,12H2,1-4H3,(H2,21,23)(H,22,24)/t14-,15+/m0/s1. The molecular formula is C20H30N2O4. The van der Waals surface area contributed by atoms with E-state index in [4.69, 9.17) is 15.2 Å². The molecule has 0 heterocycles. The molecule has 0 spiro atoms. The van der Waals surface area contributed by atoms with Gasteiger partial charge >= 0.3 is 0 Å². The van der Waals surface area contributed by atoms with Crippen LogP contribution in [0.4, 0.5) is 0 Å². The Morgan fingerprint density at radius 3 is 2.50 bits per heavy atom. The minimum Gasteiger partial charge on any atom is -0.493 e. The van der Waals surface area contributed by atoms with E-state index < -0.39 is 5.91 Å². The lowest BCUT2D eigenvalue weighted by Crippen LogP contribution is -2.46. The fourth-order valence-corrected chi connectivity index (χ4v) is 3.67. The van der Waals surface area contributed by atoms with E-state index in [0.717, 1.165) is 19.3 Å². The molecule has 1 aliphatic rings. The van der Waals surface area contributed by atoms with Gasteiger partial charge in [-0.15, -0.1) is 0 Å². The first-order valence-corrected chi connectivity index (χ1v) is 9.12. The van der Waals surface area contributed by atoms with Gasteiger partial charge in [0.15, 0.2) is 18.1 Å². The van der Waals surface area contributed by atoms with Crippen LogP contribution in [0.1, 0.15) is 56.8 Å². The number of nitrogens with two attached hydrogens (primary N) is 1. The summed E-state index contributed by atoms with van der Waals surface area (Å²) in [5.74, 6) is 0.550. The maximum atomic E-state index is 12.7. The minimum absolute atomic E-state index is 0.120. The first-order chi connectivity index (χ1) is 12.2. The van der Waals surface area contributed by atoms with Gasteiger partial charge in [-0.25, -0.2) is 0 Å². The van der Waals surface area contributed by atoms with Gasteiger partial charge in [0.25, 0.3) is 11.8 Å². The molecule has 0 aliphatic heterocycles. The molecule has 2 amide bonds. The van der Waals surface area contributed by atoms with Crippen LogP contribution in [0.15, 0.2) is 18.2 Å². The molecule has 2 atom stereocenters. The van der Waals surface area contributed by atoms with E-state index in [9.17, 15) is 9.59 Å². The van der Waals surface area contributed by atoms with Crippen molar-refractivity contribution in [3.8, 4) is 11.5 Å². The van der Waals surface area contributed by atoms with Gasteiger partial charge in [-0.05, 0) is 42.4 Å². The van der Waals surface area contributed by atoms with Crippen molar-refractivity contribution in [3.63, 3.8) is 0 Å². The summed E-state index contributed by atoms with van der Waals surface area (Å²) in [6.07, 6.45) is 4.50. The maximum absolute atomic E-state index is 12.7. The van der Waals surface area contributed by atoms with Crippen LogP contribution in [0, 0.1) is 11.3 Å². The molecule has 1 fully saturated rings. The molecule has 0 saturated heterocycles. The number of benzene rings is 1. The van der Waals surface area contributed by atoms with Crippen LogP contribution in [0.5, 0.6) is 11.5 Å². The summed E-state index contributed by atoms with van der Waals surface area (Å²) in [5.41, 5.74) is 5.75. The highest BCUT2D eigenvalue weighted by Crippen LogP contribution is 2.38. The van der Waals surface area contributed by atoms with E-state index in [-0.39, 0.29) is 24.0 Å². The molecule has 0 bridgehead atoms. The Bertz CT molecular complexity index is 652. The van der Waals surface area contributed by atoms with E-state index in [2.05, 4.69) is 26.1 Å². The number of ether oxygens (including phenoxy) is 2. The second-order valence-electron chi connectivity index (χ2n) is 7.96. The third-order valence-corrected chi connectivity index (χ3v) is 4.99. The molecule has 6 heteroatoms.